The van der Waals surface area contributed by atoms with E-state index in [0.717, 1.165) is 24.7 Å². The van der Waals surface area contributed by atoms with Gasteiger partial charge in [-0.3, -0.25) is 9.12 Å². The van der Waals surface area contributed by atoms with Crippen molar-refractivity contribution in [2.45, 2.75) is 37.0 Å². The zero-order valence-corrected chi connectivity index (χ0v) is 14.4. The van der Waals surface area contributed by atoms with Gasteiger partial charge in [0.05, 0.1) is 10.6 Å². The smallest absolute Gasteiger partial charge is 0.262 e. The molecule has 8 heteroatoms. The summed E-state index contributed by atoms with van der Waals surface area (Å²) in [6.45, 7) is 1.53. The summed E-state index contributed by atoms with van der Waals surface area (Å²) in [5, 5.41) is 8.39. The number of nitrogens with one attached hydrogen (secondary N) is 1. The lowest BCUT2D eigenvalue weighted by atomic mass is 9.85. The number of hydrogen-bond donors (Lipinski definition) is 1. The number of hydrogen-bond acceptors (Lipinski definition) is 4. The molecule has 1 aromatic carbocycles. The fourth-order valence-electron chi connectivity index (χ4n) is 2.95. The standard InChI is InChI=1S/C17H17FN4O2S/c1-11-10-13(7-8-14(11)18)25(23,24)21-15-6-3-9-22-16(12-4-2-5-12)19-20-17(15)22/h3,6-10,12,21H,2,4-5H2,1H3. The minimum absolute atomic E-state index is 0.00661. The molecule has 2 aromatic heterocycles. The minimum atomic E-state index is -3.84. The van der Waals surface area contributed by atoms with Gasteiger partial charge in [0.15, 0.2) is 5.65 Å². The predicted molar refractivity (Wildman–Crippen MR) is 91.5 cm³/mol. The number of pyridine rings is 1. The summed E-state index contributed by atoms with van der Waals surface area (Å²) in [7, 11) is -3.84. The monoisotopic (exact) mass is 360 g/mol. The second-order valence-corrected chi connectivity index (χ2v) is 8.00. The first-order valence-electron chi connectivity index (χ1n) is 8.08. The predicted octanol–water partition coefficient (Wildman–Crippen LogP) is 3.25. The molecule has 0 bridgehead atoms. The van der Waals surface area contributed by atoms with Crippen LogP contribution in [0.1, 0.15) is 36.6 Å². The van der Waals surface area contributed by atoms with Gasteiger partial charge in [-0.1, -0.05) is 6.42 Å². The van der Waals surface area contributed by atoms with Crippen molar-refractivity contribution >= 4 is 21.4 Å². The molecule has 0 radical (unpaired) electrons. The summed E-state index contributed by atoms with van der Waals surface area (Å²) in [6.07, 6.45) is 5.16. The Hall–Kier alpha value is -2.48. The lowest BCUT2D eigenvalue weighted by Gasteiger charge is -2.23. The first-order valence-corrected chi connectivity index (χ1v) is 9.56. The van der Waals surface area contributed by atoms with E-state index in [-0.39, 0.29) is 10.5 Å². The third-order valence-electron chi connectivity index (χ3n) is 4.62. The Kier molecular flexibility index (Phi) is 3.72. The molecule has 1 aliphatic carbocycles. The zero-order chi connectivity index (χ0) is 17.6. The number of anilines is 1. The van der Waals surface area contributed by atoms with Crippen molar-refractivity contribution in [3.8, 4) is 0 Å². The van der Waals surface area contributed by atoms with Crippen LogP contribution in [-0.4, -0.2) is 23.0 Å². The quantitative estimate of drug-likeness (QED) is 0.775. The number of rotatable bonds is 4. The molecule has 25 heavy (non-hydrogen) atoms. The lowest BCUT2D eigenvalue weighted by molar-refractivity contribution is 0.399. The molecule has 0 atom stereocenters. The van der Waals surface area contributed by atoms with E-state index in [0.29, 0.717) is 17.3 Å². The molecule has 0 unspecified atom stereocenters. The van der Waals surface area contributed by atoms with Gasteiger partial charge in [-0.15, -0.1) is 10.2 Å². The molecule has 1 N–H and O–H groups in total. The van der Waals surface area contributed by atoms with Crippen LogP contribution >= 0.6 is 0 Å². The number of halogens is 1. The van der Waals surface area contributed by atoms with Crippen molar-refractivity contribution in [3.63, 3.8) is 0 Å². The van der Waals surface area contributed by atoms with Crippen LogP contribution in [0.15, 0.2) is 41.4 Å². The van der Waals surface area contributed by atoms with Crippen LogP contribution in [0.3, 0.4) is 0 Å². The maximum atomic E-state index is 13.4. The molecular weight excluding hydrogens is 343 g/mol. The fraction of sp³-hybridized carbons (Fsp3) is 0.294. The second-order valence-electron chi connectivity index (χ2n) is 6.32. The van der Waals surface area contributed by atoms with Crippen molar-refractivity contribution in [3.05, 3.63) is 53.7 Å². The molecule has 1 aliphatic rings. The van der Waals surface area contributed by atoms with Crippen LogP contribution in [0, 0.1) is 12.7 Å². The van der Waals surface area contributed by atoms with Gasteiger partial charge in [-0.2, -0.15) is 0 Å². The highest BCUT2D eigenvalue weighted by molar-refractivity contribution is 7.92. The third kappa shape index (κ3) is 2.76. The van der Waals surface area contributed by atoms with E-state index in [1.165, 1.54) is 25.5 Å². The van der Waals surface area contributed by atoms with Crippen LogP contribution in [0.4, 0.5) is 10.1 Å². The van der Waals surface area contributed by atoms with Crippen molar-refractivity contribution < 1.29 is 12.8 Å². The molecular formula is C17H17FN4O2S. The van der Waals surface area contributed by atoms with Gasteiger partial charge in [-0.25, -0.2) is 12.8 Å². The van der Waals surface area contributed by atoms with Crippen LogP contribution < -0.4 is 4.72 Å². The molecule has 2 heterocycles. The first-order chi connectivity index (χ1) is 12.0. The molecule has 130 valence electrons. The van der Waals surface area contributed by atoms with E-state index in [1.807, 2.05) is 10.6 Å². The van der Waals surface area contributed by atoms with E-state index in [1.54, 1.807) is 12.1 Å². The minimum Gasteiger partial charge on any atom is -0.284 e. The first kappa shape index (κ1) is 16.0. The van der Waals surface area contributed by atoms with Crippen molar-refractivity contribution in [2.24, 2.45) is 0 Å². The topological polar surface area (TPSA) is 76.4 Å². The summed E-state index contributed by atoms with van der Waals surface area (Å²) in [5.41, 5.74) is 1.09. The fourth-order valence-corrected chi connectivity index (χ4v) is 4.09. The summed E-state index contributed by atoms with van der Waals surface area (Å²) >= 11 is 0. The summed E-state index contributed by atoms with van der Waals surface area (Å²) in [4.78, 5) is 0.00661. The second kappa shape index (κ2) is 5.80. The van der Waals surface area contributed by atoms with Gasteiger partial charge in [0.25, 0.3) is 10.0 Å². The SMILES string of the molecule is Cc1cc(S(=O)(=O)Nc2cccn3c(C4CCC4)nnc23)ccc1F. The molecule has 0 saturated heterocycles. The van der Waals surface area contributed by atoms with Crippen molar-refractivity contribution in [1.29, 1.82) is 0 Å². The summed E-state index contributed by atoms with van der Waals surface area (Å²) < 4.78 is 43.0. The molecule has 0 amide bonds. The average molecular weight is 360 g/mol. The number of fused-ring (bicyclic) bond motifs is 1. The number of sulfonamides is 1. The molecule has 4 rings (SSSR count). The Morgan fingerprint density at radius 1 is 1.24 bits per heavy atom. The molecule has 6 nitrogen and oxygen atoms in total. The molecule has 1 saturated carbocycles. The summed E-state index contributed by atoms with van der Waals surface area (Å²) in [5.74, 6) is 0.796. The average Bonchev–Trinajstić information content (AvgIpc) is 2.93. The summed E-state index contributed by atoms with van der Waals surface area (Å²) in [6, 6.07) is 7.10. The van der Waals surface area contributed by atoms with Crippen LogP contribution in [-0.2, 0) is 10.0 Å². The highest BCUT2D eigenvalue weighted by atomic mass is 32.2. The van der Waals surface area contributed by atoms with Crippen molar-refractivity contribution in [2.75, 3.05) is 4.72 Å². The normalized spacial score (nSPS) is 15.3. The van der Waals surface area contributed by atoms with Gasteiger partial charge in [0.2, 0.25) is 0 Å². The van der Waals surface area contributed by atoms with E-state index in [4.69, 9.17) is 0 Å². The van der Waals surface area contributed by atoms with Gasteiger partial charge in [-0.05, 0) is 55.7 Å². The Morgan fingerprint density at radius 2 is 2.04 bits per heavy atom. The highest BCUT2D eigenvalue weighted by Gasteiger charge is 2.25. The Labute approximate surface area is 144 Å². The van der Waals surface area contributed by atoms with Gasteiger partial charge in [0.1, 0.15) is 11.6 Å². The molecule has 0 spiro atoms. The zero-order valence-electron chi connectivity index (χ0n) is 13.6. The van der Waals surface area contributed by atoms with E-state index < -0.39 is 15.8 Å². The van der Waals surface area contributed by atoms with Gasteiger partial charge in [0, 0.05) is 12.1 Å². The lowest BCUT2D eigenvalue weighted by Crippen LogP contribution is -2.15. The van der Waals surface area contributed by atoms with Crippen LogP contribution in [0.2, 0.25) is 0 Å². The van der Waals surface area contributed by atoms with E-state index in [9.17, 15) is 12.8 Å². The molecule has 1 fully saturated rings. The van der Waals surface area contributed by atoms with Crippen LogP contribution in [0.5, 0.6) is 0 Å². The maximum absolute atomic E-state index is 13.4. The Balaban J connectivity index is 1.72. The van der Waals surface area contributed by atoms with Crippen LogP contribution in [0.25, 0.3) is 5.65 Å². The largest absolute Gasteiger partial charge is 0.284 e. The molecule has 0 aliphatic heterocycles. The van der Waals surface area contributed by atoms with Gasteiger partial charge < -0.3 is 0 Å². The number of nitrogens with zero attached hydrogens (tertiary/aromatic N) is 3. The molecule has 3 aromatic rings. The van der Waals surface area contributed by atoms with Crippen molar-refractivity contribution in [1.82, 2.24) is 14.6 Å². The maximum Gasteiger partial charge on any atom is 0.262 e. The third-order valence-corrected chi connectivity index (χ3v) is 5.98. The number of aromatic nitrogens is 3. The van der Waals surface area contributed by atoms with E-state index >= 15 is 0 Å². The Morgan fingerprint density at radius 3 is 2.72 bits per heavy atom. The van der Waals surface area contributed by atoms with E-state index in [2.05, 4.69) is 14.9 Å². The number of benzene rings is 1. The van der Waals surface area contributed by atoms with Gasteiger partial charge >= 0.3 is 0 Å². The highest BCUT2D eigenvalue weighted by Crippen LogP contribution is 2.36. The Bertz CT molecular complexity index is 1060. The number of aryl methyl sites for hydroxylation is 1.